The summed E-state index contributed by atoms with van der Waals surface area (Å²) in [6, 6.07) is 5.71. The van der Waals surface area contributed by atoms with Crippen LogP contribution in [0, 0.1) is 6.92 Å². The molecule has 6 heteroatoms. The van der Waals surface area contributed by atoms with E-state index in [9.17, 15) is 0 Å². The molecule has 0 saturated carbocycles. The highest BCUT2D eigenvalue weighted by atomic mass is 35.5. The van der Waals surface area contributed by atoms with Gasteiger partial charge in [0, 0.05) is 17.3 Å². The molecule has 0 aliphatic heterocycles. The Morgan fingerprint density at radius 2 is 2.26 bits per heavy atom. The second kappa shape index (κ2) is 6.15. The van der Waals surface area contributed by atoms with Gasteiger partial charge in [-0.1, -0.05) is 23.7 Å². The Morgan fingerprint density at radius 3 is 3.00 bits per heavy atom. The predicted molar refractivity (Wildman–Crippen MR) is 78.0 cm³/mol. The standard InChI is InChI=1S/C13H14ClN5/c1-3-6-15-13-18-12(8-16-19-13)17-10-5-4-9(2)11(14)7-10/h3-5,7-8H,1,6H2,2H3,(H2,15,17,18,19). The van der Waals surface area contributed by atoms with Gasteiger partial charge in [-0.2, -0.15) is 10.1 Å². The largest absolute Gasteiger partial charge is 0.349 e. The summed E-state index contributed by atoms with van der Waals surface area (Å²) >= 11 is 6.07. The average molecular weight is 276 g/mol. The zero-order chi connectivity index (χ0) is 13.7. The number of aromatic nitrogens is 3. The van der Waals surface area contributed by atoms with Gasteiger partial charge in [-0.15, -0.1) is 11.7 Å². The number of hydrogen-bond acceptors (Lipinski definition) is 5. The van der Waals surface area contributed by atoms with Crippen LogP contribution in [0.1, 0.15) is 5.56 Å². The normalized spacial score (nSPS) is 10.0. The van der Waals surface area contributed by atoms with E-state index in [0.717, 1.165) is 11.3 Å². The Morgan fingerprint density at radius 1 is 1.42 bits per heavy atom. The molecule has 5 nitrogen and oxygen atoms in total. The highest BCUT2D eigenvalue weighted by Gasteiger charge is 2.02. The van der Waals surface area contributed by atoms with Crippen LogP contribution in [0.2, 0.25) is 5.02 Å². The molecule has 1 aromatic heterocycles. The van der Waals surface area contributed by atoms with E-state index in [0.29, 0.717) is 23.3 Å². The molecular formula is C13H14ClN5. The Bertz CT molecular complexity index is 585. The number of rotatable bonds is 5. The minimum Gasteiger partial charge on any atom is -0.349 e. The van der Waals surface area contributed by atoms with Gasteiger partial charge in [0.25, 0.3) is 0 Å². The lowest BCUT2D eigenvalue weighted by molar-refractivity contribution is 0.968. The Hall–Kier alpha value is -2.14. The summed E-state index contributed by atoms with van der Waals surface area (Å²) in [4.78, 5) is 4.27. The summed E-state index contributed by atoms with van der Waals surface area (Å²) in [6.07, 6.45) is 3.27. The summed E-state index contributed by atoms with van der Waals surface area (Å²) in [5, 5.41) is 14.5. The number of benzene rings is 1. The van der Waals surface area contributed by atoms with Crippen molar-refractivity contribution in [3.05, 3.63) is 47.6 Å². The molecule has 0 aliphatic rings. The number of hydrogen-bond donors (Lipinski definition) is 2. The molecule has 0 atom stereocenters. The number of aryl methyl sites for hydroxylation is 1. The summed E-state index contributed by atoms with van der Waals surface area (Å²) in [5.41, 5.74) is 1.88. The quantitative estimate of drug-likeness (QED) is 0.821. The Labute approximate surface area is 116 Å². The van der Waals surface area contributed by atoms with Crippen molar-refractivity contribution < 1.29 is 0 Å². The van der Waals surface area contributed by atoms with E-state index in [2.05, 4.69) is 32.4 Å². The molecule has 0 saturated heterocycles. The second-order valence-corrected chi connectivity index (χ2v) is 4.33. The van der Waals surface area contributed by atoms with Crippen LogP contribution in [0.25, 0.3) is 0 Å². The van der Waals surface area contributed by atoms with Crippen LogP contribution in [0.5, 0.6) is 0 Å². The summed E-state index contributed by atoms with van der Waals surface area (Å²) in [6.45, 7) is 6.15. The minimum atomic E-state index is 0.447. The molecule has 2 aromatic rings. The first kappa shape index (κ1) is 13.3. The molecule has 0 fully saturated rings. The summed E-state index contributed by atoms with van der Waals surface area (Å²) in [5.74, 6) is 1.05. The third-order valence-corrected chi connectivity index (χ3v) is 2.81. The Balaban J connectivity index is 2.13. The predicted octanol–water partition coefficient (Wildman–Crippen LogP) is 3.17. The van der Waals surface area contributed by atoms with E-state index >= 15 is 0 Å². The zero-order valence-electron chi connectivity index (χ0n) is 10.5. The van der Waals surface area contributed by atoms with Crippen molar-refractivity contribution in [3.63, 3.8) is 0 Å². The van der Waals surface area contributed by atoms with Gasteiger partial charge in [-0.3, -0.25) is 0 Å². The lowest BCUT2D eigenvalue weighted by atomic mass is 10.2. The van der Waals surface area contributed by atoms with Crippen LogP contribution in [-0.2, 0) is 0 Å². The van der Waals surface area contributed by atoms with Crippen molar-refractivity contribution >= 4 is 29.1 Å². The molecule has 98 valence electrons. The van der Waals surface area contributed by atoms with Crippen molar-refractivity contribution in [3.8, 4) is 0 Å². The van der Waals surface area contributed by atoms with Gasteiger partial charge >= 0.3 is 0 Å². The summed E-state index contributed by atoms with van der Waals surface area (Å²) in [7, 11) is 0. The molecule has 0 unspecified atom stereocenters. The molecule has 1 aromatic carbocycles. The highest BCUT2D eigenvalue weighted by molar-refractivity contribution is 6.31. The van der Waals surface area contributed by atoms with Gasteiger partial charge in [-0.25, -0.2) is 0 Å². The first-order chi connectivity index (χ1) is 9.19. The molecule has 0 radical (unpaired) electrons. The van der Waals surface area contributed by atoms with E-state index in [4.69, 9.17) is 11.6 Å². The molecular weight excluding hydrogens is 262 g/mol. The van der Waals surface area contributed by atoms with E-state index in [1.165, 1.54) is 0 Å². The van der Waals surface area contributed by atoms with Crippen LogP contribution < -0.4 is 10.6 Å². The first-order valence-corrected chi connectivity index (χ1v) is 6.14. The minimum absolute atomic E-state index is 0.447. The topological polar surface area (TPSA) is 62.7 Å². The smallest absolute Gasteiger partial charge is 0.244 e. The number of halogens is 1. The second-order valence-electron chi connectivity index (χ2n) is 3.92. The van der Waals surface area contributed by atoms with Crippen molar-refractivity contribution in [2.75, 3.05) is 17.2 Å². The lowest BCUT2D eigenvalue weighted by Gasteiger charge is -2.08. The number of anilines is 3. The molecule has 2 rings (SSSR count). The highest BCUT2D eigenvalue weighted by Crippen LogP contribution is 2.22. The molecule has 2 N–H and O–H groups in total. The Kier molecular flexibility index (Phi) is 4.30. The fourth-order valence-electron chi connectivity index (χ4n) is 1.42. The van der Waals surface area contributed by atoms with Crippen molar-refractivity contribution in [2.45, 2.75) is 6.92 Å². The maximum atomic E-state index is 6.07. The monoisotopic (exact) mass is 275 g/mol. The third kappa shape index (κ3) is 3.66. The van der Waals surface area contributed by atoms with E-state index in [1.54, 1.807) is 12.3 Å². The van der Waals surface area contributed by atoms with Gasteiger partial charge in [-0.05, 0) is 24.6 Å². The zero-order valence-corrected chi connectivity index (χ0v) is 11.3. The lowest BCUT2D eigenvalue weighted by Crippen LogP contribution is -2.05. The van der Waals surface area contributed by atoms with Gasteiger partial charge in [0.2, 0.25) is 5.95 Å². The van der Waals surface area contributed by atoms with Crippen LogP contribution in [0.3, 0.4) is 0 Å². The fourth-order valence-corrected chi connectivity index (χ4v) is 1.60. The maximum absolute atomic E-state index is 6.07. The molecule has 0 aliphatic carbocycles. The number of nitrogens with zero attached hydrogens (tertiary/aromatic N) is 3. The SMILES string of the molecule is C=CCNc1nncc(Nc2ccc(C)c(Cl)c2)n1. The van der Waals surface area contributed by atoms with E-state index < -0.39 is 0 Å². The molecule has 0 bridgehead atoms. The molecule has 19 heavy (non-hydrogen) atoms. The van der Waals surface area contributed by atoms with Crippen LogP contribution in [-0.4, -0.2) is 21.7 Å². The first-order valence-electron chi connectivity index (χ1n) is 5.76. The summed E-state index contributed by atoms with van der Waals surface area (Å²) < 4.78 is 0. The third-order valence-electron chi connectivity index (χ3n) is 2.41. The number of nitrogens with one attached hydrogen (secondary N) is 2. The molecule has 0 amide bonds. The average Bonchev–Trinajstić information content (AvgIpc) is 2.41. The van der Waals surface area contributed by atoms with Crippen molar-refractivity contribution in [1.29, 1.82) is 0 Å². The van der Waals surface area contributed by atoms with Gasteiger partial charge < -0.3 is 10.6 Å². The van der Waals surface area contributed by atoms with Gasteiger partial charge in [0.15, 0.2) is 5.82 Å². The van der Waals surface area contributed by atoms with E-state index in [1.807, 2.05) is 25.1 Å². The van der Waals surface area contributed by atoms with Crippen LogP contribution >= 0.6 is 11.6 Å². The molecule has 0 spiro atoms. The van der Waals surface area contributed by atoms with Crippen molar-refractivity contribution in [2.24, 2.45) is 0 Å². The van der Waals surface area contributed by atoms with Gasteiger partial charge in [0.05, 0.1) is 6.20 Å². The van der Waals surface area contributed by atoms with Crippen molar-refractivity contribution in [1.82, 2.24) is 15.2 Å². The fraction of sp³-hybridized carbons (Fsp3) is 0.154. The van der Waals surface area contributed by atoms with Crippen LogP contribution in [0.4, 0.5) is 17.5 Å². The van der Waals surface area contributed by atoms with Crippen LogP contribution in [0.15, 0.2) is 37.1 Å². The van der Waals surface area contributed by atoms with E-state index in [-0.39, 0.29) is 0 Å². The van der Waals surface area contributed by atoms with Gasteiger partial charge in [0.1, 0.15) is 0 Å². The maximum Gasteiger partial charge on any atom is 0.244 e. The molecule has 1 heterocycles.